The highest BCUT2D eigenvalue weighted by molar-refractivity contribution is 7.99. The second kappa shape index (κ2) is 5.10. The molecule has 0 radical (unpaired) electrons. The van der Waals surface area contributed by atoms with Crippen molar-refractivity contribution in [2.75, 3.05) is 5.73 Å². The van der Waals surface area contributed by atoms with Crippen molar-refractivity contribution < 1.29 is 0 Å². The van der Waals surface area contributed by atoms with Crippen LogP contribution in [0.1, 0.15) is 0 Å². The van der Waals surface area contributed by atoms with Crippen LogP contribution in [0.2, 0.25) is 5.28 Å². The molecule has 0 unspecified atom stereocenters. The quantitative estimate of drug-likeness (QED) is 0.556. The lowest BCUT2D eigenvalue weighted by Gasteiger charge is -2.05. The minimum atomic E-state index is -0.315. The van der Waals surface area contributed by atoms with Gasteiger partial charge in [-0.1, -0.05) is 18.2 Å². The monoisotopic (exact) mass is 305 g/mol. The molecule has 0 saturated heterocycles. The van der Waals surface area contributed by atoms with Gasteiger partial charge in [0.15, 0.2) is 5.16 Å². The van der Waals surface area contributed by atoms with Crippen LogP contribution >= 0.6 is 23.4 Å². The summed E-state index contributed by atoms with van der Waals surface area (Å²) in [4.78, 5) is 26.3. The molecular formula is C12H8ClN5OS. The normalized spacial score (nSPS) is 10.8. The SMILES string of the molecule is Nc1cc(=O)[nH]c(Sc2nc(Cl)nc3ccccc23)n1. The van der Waals surface area contributed by atoms with Crippen molar-refractivity contribution in [3.05, 3.63) is 46.0 Å². The molecule has 0 aliphatic heterocycles. The Morgan fingerprint density at radius 3 is 2.80 bits per heavy atom. The molecule has 3 N–H and O–H groups in total. The Morgan fingerprint density at radius 2 is 2.00 bits per heavy atom. The van der Waals surface area contributed by atoms with E-state index in [1.165, 1.54) is 17.8 Å². The Balaban J connectivity index is 2.12. The average Bonchev–Trinajstić information content (AvgIpc) is 2.37. The van der Waals surface area contributed by atoms with Gasteiger partial charge in [-0.15, -0.1) is 0 Å². The van der Waals surface area contributed by atoms with E-state index in [9.17, 15) is 4.79 Å². The molecule has 0 fully saturated rings. The first-order valence-electron chi connectivity index (χ1n) is 5.59. The summed E-state index contributed by atoms with van der Waals surface area (Å²) in [7, 11) is 0. The Bertz CT molecular complexity index is 851. The number of H-pyrrole nitrogens is 1. The molecule has 0 aliphatic rings. The molecule has 2 heterocycles. The molecule has 3 aromatic rings. The van der Waals surface area contributed by atoms with E-state index in [4.69, 9.17) is 17.3 Å². The highest BCUT2D eigenvalue weighted by atomic mass is 35.5. The molecule has 100 valence electrons. The number of nitrogens with one attached hydrogen (secondary N) is 1. The Hall–Kier alpha value is -2.12. The van der Waals surface area contributed by atoms with Gasteiger partial charge >= 0.3 is 0 Å². The number of rotatable bonds is 2. The van der Waals surface area contributed by atoms with Crippen LogP contribution in [0.15, 0.2) is 45.3 Å². The van der Waals surface area contributed by atoms with Crippen molar-refractivity contribution >= 4 is 40.1 Å². The summed E-state index contributed by atoms with van der Waals surface area (Å²) in [5.41, 5.74) is 5.96. The van der Waals surface area contributed by atoms with E-state index in [0.717, 1.165) is 10.9 Å². The first-order chi connectivity index (χ1) is 9.61. The number of nitrogens with zero attached hydrogens (tertiary/aromatic N) is 3. The van der Waals surface area contributed by atoms with Gasteiger partial charge in [-0.05, 0) is 29.4 Å². The highest BCUT2D eigenvalue weighted by Gasteiger charge is 2.10. The zero-order valence-corrected chi connectivity index (χ0v) is 11.6. The highest BCUT2D eigenvalue weighted by Crippen LogP contribution is 2.29. The first kappa shape index (κ1) is 12.9. The fourth-order valence-corrected chi connectivity index (χ4v) is 2.82. The van der Waals surface area contributed by atoms with Crippen LogP contribution in [0.3, 0.4) is 0 Å². The molecule has 0 bridgehead atoms. The Kier molecular flexibility index (Phi) is 3.29. The standard InChI is InChI=1S/C12H8ClN5OS/c13-11-15-7-4-2-1-3-6(7)10(18-11)20-12-16-8(14)5-9(19)17-12/h1-5H,(H3,14,16,17,19). The lowest BCUT2D eigenvalue weighted by atomic mass is 10.2. The van der Waals surface area contributed by atoms with E-state index in [1.54, 1.807) is 0 Å². The molecule has 8 heteroatoms. The van der Waals surface area contributed by atoms with Gasteiger partial charge in [0.1, 0.15) is 10.8 Å². The van der Waals surface area contributed by atoms with E-state index in [-0.39, 0.29) is 16.7 Å². The number of anilines is 1. The van der Waals surface area contributed by atoms with Crippen molar-refractivity contribution in [3.8, 4) is 0 Å². The lowest BCUT2D eigenvalue weighted by molar-refractivity contribution is 0.940. The molecule has 0 atom stereocenters. The van der Waals surface area contributed by atoms with Gasteiger partial charge in [0.2, 0.25) is 5.28 Å². The van der Waals surface area contributed by atoms with Gasteiger partial charge in [-0.25, -0.2) is 15.0 Å². The maximum atomic E-state index is 11.4. The summed E-state index contributed by atoms with van der Waals surface area (Å²) in [5, 5.41) is 1.92. The maximum absolute atomic E-state index is 11.4. The fourth-order valence-electron chi connectivity index (χ4n) is 1.69. The van der Waals surface area contributed by atoms with Crippen LogP contribution in [0, 0.1) is 0 Å². The van der Waals surface area contributed by atoms with E-state index in [1.807, 2.05) is 24.3 Å². The van der Waals surface area contributed by atoms with E-state index < -0.39 is 0 Å². The van der Waals surface area contributed by atoms with Gasteiger partial charge in [0.25, 0.3) is 5.56 Å². The summed E-state index contributed by atoms with van der Waals surface area (Å²) in [6.07, 6.45) is 0. The van der Waals surface area contributed by atoms with Crippen LogP contribution in [-0.4, -0.2) is 19.9 Å². The van der Waals surface area contributed by atoms with Crippen molar-refractivity contribution in [3.63, 3.8) is 0 Å². The van der Waals surface area contributed by atoms with Crippen LogP contribution in [0.5, 0.6) is 0 Å². The largest absolute Gasteiger partial charge is 0.383 e. The first-order valence-corrected chi connectivity index (χ1v) is 6.78. The molecule has 0 aliphatic carbocycles. The summed E-state index contributed by atoms with van der Waals surface area (Å²) < 4.78 is 0. The fraction of sp³-hybridized carbons (Fsp3) is 0. The van der Waals surface area contributed by atoms with Gasteiger partial charge in [0, 0.05) is 11.5 Å². The predicted octanol–water partition coefficient (Wildman–Crippen LogP) is 2.10. The number of halogens is 1. The average molecular weight is 306 g/mol. The molecule has 1 aromatic carbocycles. The minimum absolute atomic E-state index is 0.137. The number of hydrogen-bond acceptors (Lipinski definition) is 6. The molecule has 0 amide bonds. The molecule has 2 aromatic heterocycles. The van der Waals surface area contributed by atoms with Crippen molar-refractivity contribution in [2.45, 2.75) is 10.2 Å². The number of benzene rings is 1. The summed E-state index contributed by atoms with van der Waals surface area (Å²) >= 11 is 7.08. The minimum Gasteiger partial charge on any atom is -0.383 e. The van der Waals surface area contributed by atoms with Gasteiger partial charge < -0.3 is 10.7 Å². The summed E-state index contributed by atoms with van der Waals surface area (Å²) in [5.74, 6) is 0.153. The number of nitrogens with two attached hydrogens (primary N) is 1. The second-order valence-corrected chi connectivity index (χ2v) is 5.21. The maximum Gasteiger partial charge on any atom is 0.253 e. The van der Waals surface area contributed by atoms with Gasteiger partial charge in [-0.2, -0.15) is 0 Å². The molecule has 3 rings (SSSR count). The van der Waals surface area contributed by atoms with Gasteiger partial charge in [0.05, 0.1) is 5.52 Å². The number of aromatic amines is 1. The zero-order valence-electron chi connectivity index (χ0n) is 10.0. The molecule has 6 nitrogen and oxygen atoms in total. The summed E-state index contributed by atoms with van der Waals surface area (Å²) in [6.45, 7) is 0. The van der Waals surface area contributed by atoms with Crippen LogP contribution < -0.4 is 11.3 Å². The number of nitrogen functional groups attached to an aromatic ring is 1. The van der Waals surface area contributed by atoms with Crippen molar-refractivity contribution in [1.29, 1.82) is 0 Å². The smallest absolute Gasteiger partial charge is 0.253 e. The number of para-hydroxylation sites is 1. The van der Waals surface area contributed by atoms with Crippen LogP contribution in [-0.2, 0) is 0 Å². The zero-order chi connectivity index (χ0) is 14.1. The van der Waals surface area contributed by atoms with Crippen LogP contribution in [0.25, 0.3) is 10.9 Å². The number of aromatic nitrogens is 4. The summed E-state index contributed by atoms with van der Waals surface area (Å²) in [6, 6.07) is 8.66. The third-order valence-electron chi connectivity index (χ3n) is 2.47. The molecule has 20 heavy (non-hydrogen) atoms. The molecule has 0 spiro atoms. The van der Waals surface area contributed by atoms with E-state index >= 15 is 0 Å². The Labute approximate surface area is 122 Å². The second-order valence-electron chi connectivity index (χ2n) is 3.89. The number of hydrogen-bond donors (Lipinski definition) is 2. The third-order valence-corrected chi connectivity index (χ3v) is 3.53. The van der Waals surface area contributed by atoms with Crippen molar-refractivity contribution in [2.24, 2.45) is 0 Å². The van der Waals surface area contributed by atoms with Crippen LogP contribution in [0.4, 0.5) is 5.82 Å². The molecular weight excluding hydrogens is 298 g/mol. The van der Waals surface area contributed by atoms with Gasteiger partial charge in [-0.3, -0.25) is 4.79 Å². The van der Waals surface area contributed by atoms with Crippen molar-refractivity contribution in [1.82, 2.24) is 19.9 Å². The van der Waals surface area contributed by atoms with E-state index in [2.05, 4.69) is 19.9 Å². The molecule has 0 saturated carbocycles. The van der Waals surface area contributed by atoms with E-state index in [0.29, 0.717) is 10.2 Å². The topological polar surface area (TPSA) is 97.6 Å². The Morgan fingerprint density at radius 1 is 1.20 bits per heavy atom. The predicted molar refractivity (Wildman–Crippen MR) is 77.9 cm³/mol. The lowest BCUT2D eigenvalue weighted by Crippen LogP contribution is -2.09. The third kappa shape index (κ3) is 2.59. The number of fused-ring (bicyclic) bond motifs is 1.